The first kappa shape index (κ1) is 14.5. The highest BCUT2D eigenvalue weighted by Crippen LogP contribution is 2.62. The van der Waals surface area contributed by atoms with Gasteiger partial charge in [0.1, 0.15) is 0 Å². The van der Waals surface area contributed by atoms with E-state index in [1.54, 1.807) is 5.57 Å². The van der Waals surface area contributed by atoms with Crippen molar-refractivity contribution in [3.05, 3.63) is 36.0 Å². The maximum atomic E-state index is 11.9. The Kier molecular flexibility index (Phi) is 3.25. The van der Waals surface area contributed by atoms with Crippen molar-refractivity contribution < 1.29 is 4.79 Å². The fraction of sp³-hybridized carbons (Fsp3) is 0.667. The van der Waals surface area contributed by atoms with E-state index < -0.39 is 0 Å². The van der Waals surface area contributed by atoms with Crippen molar-refractivity contribution >= 4 is 5.78 Å². The summed E-state index contributed by atoms with van der Waals surface area (Å²) in [4.78, 5) is 11.9. The van der Waals surface area contributed by atoms with Gasteiger partial charge < -0.3 is 0 Å². The highest BCUT2D eigenvalue weighted by atomic mass is 16.1. The van der Waals surface area contributed by atoms with Gasteiger partial charge in [-0.2, -0.15) is 0 Å². The van der Waals surface area contributed by atoms with Crippen LogP contribution in [0, 0.1) is 35.0 Å². The lowest BCUT2D eigenvalue weighted by Crippen LogP contribution is -2.47. The fourth-order valence-corrected chi connectivity index (χ4v) is 6.23. The zero-order chi connectivity index (χ0) is 15.5. The molecule has 0 bridgehead atoms. The van der Waals surface area contributed by atoms with Crippen molar-refractivity contribution in [1.82, 2.24) is 0 Å². The van der Waals surface area contributed by atoms with E-state index >= 15 is 0 Å². The zero-order valence-corrected chi connectivity index (χ0v) is 14.0. The fourth-order valence-electron chi connectivity index (χ4n) is 6.23. The van der Waals surface area contributed by atoms with Crippen LogP contribution in [0.15, 0.2) is 36.0 Å². The lowest BCUT2D eigenvalue weighted by Gasteiger charge is -2.55. The molecule has 0 heterocycles. The summed E-state index contributed by atoms with van der Waals surface area (Å²) in [6, 6.07) is 0. The Morgan fingerprint density at radius 1 is 1.32 bits per heavy atom. The maximum Gasteiger partial charge on any atom is 0.155 e. The van der Waals surface area contributed by atoms with Crippen LogP contribution in [-0.2, 0) is 4.79 Å². The van der Waals surface area contributed by atoms with Gasteiger partial charge in [0.05, 0.1) is 0 Å². The minimum absolute atomic E-state index is 0.347. The molecule has 4 aliphatic rings. The summed E-state index contributed by atoms with van der Waals surface area (Å²) >= 11 is 0. The molecule has 2 saturated carbocycles. The molecule has 22 heavy (non-hydrogen) atoms. The normalized spacial score (nSPS) is 47.0. The number of fused-ring (bicyclic) bond motifs is 5. The Labute approximate surface area is 134 Å². The monoisotopic (exact) mass is 296 g/mol. The van der Waals surface area contributed by atoms with Crippen LogP contribution in [0.5, 0.6) is 0 Å². The van der Waals surface area contributed by atoms with Crippen molar-refractivity contribution in [2.24, 2.45) is 35.0 Å². The van der Waals surface area contributed by atoms with Crippen LogP contribution in [0.3, 0.4) is 0 Å². The maximum absolute atomic E-state index is 11.9. The third-order valence-electron chi connectivity index (χ3n) is 7.37. The second kappa shape index (κ2) is 4.94. The second-order valence-electron chi connectivity index (χ2n) is 8.34. The van der Waals surface area contributed by atoms with E-state index in [9.17, 15) is 4.79 Å². The molecule has 1 heteroatoms. The van der Waals surface area contributed by atoms with Crippen molar-refractivity contribution in [3.8, 4) is 0 Å². The molecule has 0 aromatic rings. The zero-order valence-electron chi connectivity index (χ0n) is 14.0. The largest absolute Gasteiger partial charge is 0.295 e. The number of ketones is 1. The molecule has 4 aliphatic carbocycles. The van der Waals surface area contributed by atoms with E-state index in [-0.39, 0.29) is 0 Å². The second-order valence-corrected chi connectivity index (χ2v) is 8.34. The summed E-state index contributed by atoms with van der Waals surface area (Å²) in [5, 5.41) is 0. The van der Waals surface area contributed by atoms with Crippen molar-refractivity contribution in [1.29, 1.82) is 0 Å². The first-order chi connectivity index (χ1) is 10.5. The molecular weight excluding hydrogens is 268 g/mol. The Hall–Kier alpha value is -1.11. The summed E-state index contributed by atoms with van der Waals surface area (Å²) in [6.45, 7) is 9.00. The van der Waals surface area contributed by atoms with Gasteiger partial charge in [-0.25, -0.2) is 0 Å². The van der Waals surface area contributed by atoms with Gasteiger partial charge in [-0.05, 0) is 73.2 Å². The molecule has 0 radical (unpaired) electrons. The van der Waals surface area contributed by atoms with Crippen LogP contribution in [0.2, 0.25) is 0 Å². The van der Waals surface area contributed by atoms with E-state index in [1.807, 2.05) is 6.08 Å². The lowest BCUT2D eigenvalue weighted by atomic mass is 9.49. The van der Waals surface area contributed by atoms with E-state index in [0.29, 0.717) is 34.9 Å². The van der Waals surface area contributed by atoms with Gasteiger partial charge >= 0.3 is 0 Å². The van der Waals surface area contributed by atoms with Gasteiger partial charge in [0, 0.05) is 6.42 Å². The molecule has 0 saturated heterocycles. The molecule has 0 aromatic heterocycles. The molecule has 1 nitrogen and oxygen atoms in total. The van der Waals surface area contributed by atoms with Gasteiger partial charge in [-0.1, -0.05) is 37.1 Å². The number of rotatable bonds is 1. The first-order valence-electron chi connectivity index (χ1n) is 9.12. The van der Waals surface area contributed by atoms with Gasteiger partial charge in [0.25, 0.3) is 0 Å². The van der Waals surface area contributed by atoms with Crippen molar-refractivity contribution in [3.63, 3.8) is 0 Å². The predicted molar refractivity (Wildman–Crippen MR) is 90.3 cm³/mol. The van der Waals surface area contributed by atoms with Crippen LogP contribution in [0.4, 0.5) is 0 Å². The molecule has 2 fully saturated rings. The highest BCUT2D eigenvalue weighted by molar-refractivity contribution is 5.91. The van der Waals surface area contributed by atoms with Crippen LogP contribution in [0.25, 0.3) is 0 Å². The highest BCUT2D eigenvalue weighted by Gasteiger charge is 2.53. The van der Waals surface area contributed by atoms with Gasteiger partial charge in [0.15, 0.2) is 5.78 Å². The summed E-state index contributed by atoms with van der Waals surface area (Å²) < 4.78 is 0. The molecule has 0 amide bonds. The summed E-state index contributed by atoms with van der Waals surface area (Å²) in [6.07, 6.45) is 13.9. The molecule has 4 rings (SSSR count). The number of hydrogen-bond donors (Lipinski definition) is 0. The molecule has 0 spiro atoms. The molecule has 0 aliphatic heterocycles. The SMILES string of the molecule is C=CC1C(C)C2=CC(=O)CC[C@@H]2[C@H]2CC[C@]3(C)CCC=C3[C@H]12. The summed E-state index contributed by atoms with van der Waals surface area (Å²) in [7, 11) is 0. The molecule has 0 N–H and O–H groups in total. The van der Waals surface area contributed by atoms with Gasteiger partial charge in [0.2, 0.25) is 0 Å². The third-order valence-corrected chi connectivity index (χ3v) is 7.37. The van der Waals surface area contributed by atoms with E-state index in [1.165, 1.54) is 31.3 Å². The van der Waals surface area contributed by atoms with E-state index in [4.69, 9.17) is 0 Å². The van der Waals surface area contributed by atoms with E-state index in [0.717, 1.165) is 18.8 Å². The molecule has 118 valence electrons. The molecule has 0 aromatic carbocycles. The van der Waals surface area contributed by atoms with Gasteiger partial charge in [-0.15, -0.1) is 6.58 Å². The minimum atomic E-state index is 0.347. The molecule has 6 atom stereocenters. The Balaban J connectivity index is 1.79. The number of hydrogen-bond acceptors (Lipinski definition) is 1. The number of carbonyl (C=O) groups excluding carboxylic acids is 1. The molecule has 2 unspecified atom stereocenters. The Morgan fingerprint density at radius 2 is 2.14 bits per heavy atom. The Morgan fingerprint density at radius 3 is 2.91 bits per heavy atom. The summed E-state index contributed by atoms with van der Waals surface area (Å²) in [5.41, 5.74) is 3.65. The van der Waals surface area contributed by atoms with Crippen molar-refractivity contribution in [2.45, 2.75) is 52.4 Å². The topological polar surface area (TPSA) is 17.1 Å². The average molecular weight is 296 g/mol. The first-order valence-corrected chi connectivity index (χ1v) is 9.12. The number of allylic oxidation sites excluding steroid dienone is 5. The lowest BCUT2D eigenvalue weighted by molar-refractivity contribution is -0.115. The Bertz CT molecular complexity index is 581. The molecular formula is C21H28O. The van der Waals surface area contributed by atoms with Crippen LogP contribution in [-0.4, -0.2) is 5.78 Å². The smallest absolute Gasteiger partial charge is 0.155 e. The average Bonchev–Trinajstić information content (AvgIpc) is 2.90. The van der Waals surface area contributed by atoms with Crippen LogP contribution < -0.4 is 0 Å². The minimum Gasteiger partial charge on any atom is -0.295 e. The van der Waals surface area contributed by atoms with E-state index in [2.05, 4.69) is 32.6 Å². The quantitative estimate of drug-likeness (QED) is 0.615. The van der Waals surface area contributed by atoms with Gasteiger partial charge in [-0.3, -0.25) is 4.79 Å². The number of carbonyl (C=O) groups is 1. The van der Waals surface area contributed by atoms with Crippen molar-refractivity contribution in [2.75, 3.05) is 0 Å². The third kappa shape index (κ3) is 1.87. The van der Waals surface area contributed by atoms with Crippen LogP contribution in [0.1, 0.15) is 52.4 Å². The van der Waals surface area contributed by atoms with Crippen LogP contribution >= 0.6 is 0 Å². The summed E-state index contributed by atoms with van der Waals surface area (Å²) in [5.74, 6) is 3.43. The standard InChI is InChI=1S/C21H28O/c1-4-15-13(2)18-12-14(22)7-8-16(18)17-9-11-21(3)10-5-6-19(21)20(15)17/h4,6,12-13,15-17,20H,1,5,7-11H2,2-3H3/t13?,15?,16-,17-,20-,21+/m1/s1. The predicted octanol–water partition coefficient (Wildman–Crippen LogP) is 5.10.